The summed E-state index contributed by atoms with van der Waals surface area (Å²) in [4.78, 5) is 14.5. The minimum absolute atomic E-state index is 0.0267. The van der Waals surface area contributed by atoms with E-state index in [-0.39, 0.29) is 12.0 Å². The Morgan fingerprint density at radius 1 is 1.22 bits per heavy atom. The highest BCUT2D eigenvalue weighted by Gasteiger charge is 2.24. The minimum Gasteiger partial charge on any atom is -0.490 e. The molecule has 1 fully saturated rings. The normalized spacial score (nSPS) is 16.0. The summed E-state index contributed by atoms with van der Waals surface area (Å²) in [5.41, 5.74) is 2.51. The molecule has 0 N–H and O–H groups in total. The van der Waals surface area contributed by atoms with Gasteiger partial charge in [0.05, 0.1) is 6.61 Å². The van der Waals surface area contributed by atoms with Gasteiger partial charge in [-0.25, -0.2) is 0 Å². The molecule has 3 rings (SSSR count). The minimum atomic E-state index is -0.0267. The first-order chi connectivity index (χ1) is 11.2. The molecule has 23 heavy (non-hydrogen) atoms. The fourth-order valence-corrected chi connectivity index (χ4v) is 2.56. The Labute approximate surface area is 136 Å². The molecule has 4 heteroatoms. The third-order valence-electron chi connectivity index (χ3n) is 3.99. The molecule has 1 heterocycles. The van der Waals surface area contributed by atoms with Crippen LogP contribution in [0.4, 0.5) is 5.69 Å². The van der Waals surface area contributed by atoms with Gasteiger partial charge in [0.1, 0.15) is 18.5 Å². The molecular formula is C19H21NO3. The largest absolute Gasteiger partial charge is 0.490 e. The molecule has 0 radical (unpaired) electrons. The highest BCUT2D eigenvalue weighted by atomic mass is 16.6. The maximum atomic E-state index is 12.9. The highest BCUT2D eigenvalue weighted by Crippen LogP contribution is 2.26. The van der Waals surface area contributed by atoms with Crippen LogP contribution in [-0.4, -0.2) is 32.3 Å². The summed E-state index contributed by atoms with van der Waals surface area (Å²) in [5, 5.41) is 0. The van der Waals surface area contributed by atoms with Crippen LogP contribution in [0.25, 0.3) is 0 Å². The second-order valence-corrected chi connectivity index (χ2v) is 5.60. The topological polar surface area (TPSA) is 42.1 Å². The first-order valence-electron chi connectivity index (χ1n) is 7.90. The van der Waals surface area contributed by atoms with Crippen molar-refractivity contribution in [3.8, 4) is 5.75 Å². The van der Waals surface area contributed by atoms with Crippen molar-refractivity contribution in [2.24, 2.45) is 0 Å². The quantitative estimate of drug-likeness (QED) is 0.769. The third kappa shape index (κ3) is 3.54. The van der Waals surface area contributed by atoms with Crippen molar-refractivity contribution < 1.29 is 14.3 Å². The van der Waals surface area contributed by atoms with Crippen LogP contribution in [0.2, 0.25) is 0 Å². The van der Waals surface area contributed by atoms with E-state index in [1.807, 2.05) is 55.5 Å². The molecule has 1 saturated heterocycles. The Bertz CT molecular complexity index is 680. The average Bonchev–Trinajstić information content (AvgIpc) is 3.43. The van der Waals surface area contributed by atoms with Gasteiger partial charge in [-0.05, 0) is 30.7 Å². The summed E-state index contributed by atoms with van der Waals surface area (Å²) in [6.45, 7) is 3.34. The molecule has 0 aromatic heterocycles. The Kier molecular flexibility index (Phi) is 4.63. The lowest BCUT2D eigenvalue weighted by atomic mass is 10.0. The number of benzene rings is 2. The van der Waals surface area contributed by atoms with Crippen molar-refractivity contribution in [2.75, 3.05) is 25.2 Å². The number of carbonyl (C=O) groups excluding carboxylic acids is 1. The summed E-state index contributed by atoms with van der Waals surface area (Å²) in [5.74, 6) is 0.747. The molecule has 0 bridgehead atoms. The number of epoxide rings is 1. The smallest absolute Gasteiger partial charge is 0.258 e. The lowest BCUT2D eigenvalue weighted by Gasteiger charge is -2.20. The predicted molar refractivity (Wildman–Crippen MR) is 90.2 cm³/mol. The van der Waals surface area contributed by atoms with E-state index < -0.39 is 0 Å². The van der Waals surface area contributed by atoms with Gasteiger partial charge >= 0.3 is 0 Å². The van der Waals surface area contributed by atoms with Crippen LogP contribution in [0.15, 0.2) is 48.5 Å². The van der Waals surface area contributed by atoms with Crippen LogP contribution in [0, 0.1) is 0 Å². The van der Waals surface area contributed by atoms with E-state index in [9.17, 15) is 4.79 Å². The summed E-state index contributed by atoms with van der Waals surface area (Å²) in [6, 6.07) is 15.3. The number of nitrogens with zero attached hydrogens (tertiary/aromatic N) is 1. The predicted octanol–water partition coefficient (Wildman–Crippen LogP) is 3.30. The zero-order valence-corrected chi connectivity index (χ0v) is 13.5. The van der Waals surface area contributed by atoms with Crippen molar-refractivity contribution in [3.63, 3.8) is 0 Å². The second kappa shape index (κ2) is 6.84. The number of anilines is 1. The number of rotatable bonds is 6. The number of ether oxygens (including phenoxy) is 2. The maximum absolute atomic E-state index is 12.9. The van der Waals surface area contributed by atoms with Crippen molar-refractivity contribution in [1.29, 1.82) is 0 Å². The maximum Gasteiger partial charge on any atom is 0.258 e. The number of amides is 1. The average molecular weight is 311 g/mol. The zero-order chi connectivity index (χ0) is 16.2. The molecule has 0 aliphatic carbocycles. The lowest BCUT2D eigenvalue weighted by Crippen LogP contribution is -2.27. The van der Waals surface area contributed by atoms with Crippen molar-refractivity contribution in [3.05, 3.63) is 59.7 Å². The van der Waals surface area contributed by atoms with Crippen molar-refractivity contribution in [1.82, 2.24) is 0 Å². The molecule has 0 saturated carbocycles. The summed E-state index contributed by atoms with van der Waals surface area (Å²) in [6.07, 6.45) is 0.942. The third-order valence-corrected chi connectivity index (χ3v) is 3.99. The van der Waals surface area contributed by atoms with Crippen LogP contribution >= 0.6 is 0 Å². The number of carbonyl (C=O) groups is 1. The summed E-state index contributed by atoms with van der Waals surface area (Å²) < 4.78 is 11.0. The van der Waals surface area contributed by atoms with Gasteiger partial charge in [-0.15, -0.1) is 0 Å². The number of para-hydroxylation sites is 1. The van der Waals surface area contributed by atoms with E-state index in [0.717, 1.165) is 30.0 Å². The lowest BCUT2D eigenvalue weighted by molar-refractivity contribution is 0.0991. The molecule has 2 aromatic rings. The van der Waals surface area contributed by atoms with Crippen LogP contribution in [0.3, 0.4) is 0 Å². The Morgan fingerprint density at radius 3 is 2.61 bits per heavy atom. The first-order valence-corrected chi connectivity index (χ1v) is 7.90. The Morgan fingerprint density at radius 2 is 1.96 bits per heavy atom. The van der Waals surface area contributed by atoms with Gasteiger partial charge in [0.25, 0.3) is 5.91 Å². The fourth-order valence-electron chi connectivity index (χ4n) is 2.56. The first kappa shape index (κ1) is 15.6. The van der Waals surface area contributed by atoms with Gasteiger partial charge in [-0.1, -0.05) is 31.2 Å². The van der Waals surface area contributed by atoms with E-state index in [1.165, 1.54) is 0 Å². The second-order valence-electron chi connectivity index (χ2n) is 5.60. The SMILES string of the molecule is CCc1c(OCC2CO2)cccc1C(=O)N(C)c1ccccc1. The van der Waals surface area contributed by atoms with E-state index in [1.54, 1.807) is 11.9 Å². The van der Waals surface area contributed by atoms with Gasteiger partial charge in [0, 0.05) is 23.9 Å². The number of hydrogen-bond donors (Lipinski definition) is 0. The van der Waals surface area contributed by atoms with Crippen LogP contribution in [-0.2, 0) is 11.2 Å². The highest BCUT2D eigenvalue weighted by molar-refractivity contribution is 6.07. The Hall–Kier alpha value is -2.33. The van der Waals surface area contributed by atoms with Crippen LogP contribution < -0.4 is 9.64 Å². The van der Waals surface area contributed by atoms with E-state index in [0.29, 0.717) is 12.2 Å². The van der Waals surface area contributed by atoms with Gasteiger partial charge in [-0.2, -0.15) is 0 Å². The van der Waals surface area contributed by atoms with E-state index in [4.69, 9.17) is 9.47 Å². The monoisotopic (exact) mass is 311 g/mol. The molecular weight excluding hydrogens is 290 g/mol. The molecule has 1 aliphatic rings. The standard InChI is InChI=1S/C19H21NO3/c1-3-16-17(10-7-11-18(16)23-13-15-12-22-15)19(21)20(2)14-8-5-4-6-9-14/h4-11,15H,3,12-13H2,1-2H3. The Balaban J connectivity index is 1.85. The van der Waals surface area contributed by atoms with Gasteiger partial charge in [-0.3, -0.25) is 4.79 Å². The molecule has 1 atom stereocenters. The fraction of sp³-hybridized carbons (Fsp3) is 0.316. The van der Waals surface area contributed by atoms with Crippen molar-refractivity contribution >= 4 is 11.6 Å². The molecule has 0 spiro atoms. The molecule has 4 nitrogen and oxygen atoms in total. The zero-order valence-electron chi connectivity index (χ0n) is 13.5. The van der Waals surface area contributed by atoms with Crippen LogP contribution in [0.5, 0.6) is 5.75 Å². The summed E-state index contributed by atoms with van der Waals surface area (Å²) >= 11 is 0. The van der Waals surface area contributed by atoms with E-state index >= 15 is 0 Å². The summed E-state index contributed by atoms with van der Waals surface area (Å²) in [7, 11) is 1.79. The molecule has 1 aliphatic heterocycles. The van der Waals surface area contributed by atoms with Crippen molar-refractivity contribution in [2.45, 2.75) is 19.4 Å². The number of hydrogen-bond acceptors (Lipinski definition) is 3. The van der Waals surface area contributed by atoms with Crippen LogP contribution in [0.1, 0.15) is 22.8 Å². The molecule has 120 valence electrons. The van der Waals surface area contributed by atoms with Gasteiger partial charge in [0.15, 0.2) is 0 Å². The van der Waals surface area contributed by atoms with Gasteiger partial charge < -0.3 is 14.4 Å². The van der Waals surface area contributed by atoms with Gasteiger partial charge in [0.2, 0.25) is 0 Å². The molecule has 2 aromatic carbocycles. The molecule has 1 unspecified atom stereocenters. The molecule has 1 amide bonds. The van der Waals surface area contributed by atoms with E-state index in [2.05, 4.69) is 0 Å².